The van der Waals surface area contributed by atoms with Crippen LogP contribution in [0.1, 0.15) is 38.5 Å². The van der Waals surface area contributed by atoms with Crippen LogP contribution >= 0.6 is 0 Å². The lowest BCUT2D eigenvalue weighted by Gasteiger charge is -2.31. The lowest BCUT2D eigenvalue weighted by molar-refractivity contribution is -0.151. The van der Waals surface area contributed by atoms with Gasteiger partial charge in [-0.3, -0.25) is 14.4 Å². The molecule has 1 atom stereocenters. The zero-order valence-electron chi connectivity index (χ0n) is 18.0. The number of carbonyl (C=O) groups excluding carboxylic acids is 3. The standard InChI is InChI=1S/C25H28N2O5/c28-23(26-19-11-13-22(14-12-19)32-21-9-5-2-6-10-21)17-31-25(30)18-15-24(29)27(16-18)20-7-3-1-4-8-20/h2,5-6,9-14,18,20H,1,3-4,7-8,15-17H2,(H,26,28)/t18-/m0/s1. The summed E-state index contributed by atoms with van der Waals surface area (Å²) in [5, 5.41) is 2.70. The van der Waals surface area contributed by atoms with Gasteiger partial charge in [-0.2, -0.15) is 0 Å². The molecule has 1 aliphatic heterocycles. The minimum absolute atomic E-state index is 0.0149. The fraction of sp³-hybridized carbons (Fsp3) is 0.400. The molecule has 4 rings (SSSR count). The van der Waals surface area contributed by atoms with E-state index in [1.807, 2.05) is 35.2 Å². The van der Waals surface area contributed by atoms with Crippen LogP contribution in [0.4, 0.5) is 5.69 Å². The molecule has 2 fully saturated rings. The van der Waals surface area contributed by atoms with Gasteiger partial charge in [-0.15, -0.1) is 0 Å². The minimum Gasteiger partial charge on any atom is -0.457 e. The van der Waals surface area contributed by atoms with Crippen LogP contribution in [0.3, 0.4) is 0 Å². The average Bonchev–Trinajstić information content (AvgIpc) is 3.22. The highest BCUT2D eigenvalue weighted by molar-refractivity contribution is 5.93. The van der Waals surface area contributed by atoms with E-state index in [1.54, 1.807) is 24.3 Å². The number of benzene rings is 2. The molecule has 1 saturated carbocycles. The first-order valence-electron chi connectivity index (χ1n) is 11.2. The van der Waals surface area contributed by atoms with Gasteiger partial charge in [-0.25, -0.2) is 0 Å². The van der Waals surface area contributed by atoms with Crippen molar-refractivity contribution in [2.24, 2.45) is 5.92 Å². The number of para-hydroxylation sites is 1. The predicted octanol–water partition coefficient (Wildman–Crippen LogP) is 4.14. The summed E-state index contributed by atoms with van der Waals surface area (Å²) in [6, 6.07) is 16.6. The molecule has 168 valence electrons. The second-order valence-electron chi connectivity index (χ2n) is 8.33. The van der Waals surface area contributed by atoms with Crippen molar-refractivity contribution in [1.29, 1.82) is 0 Å². The van der Waals surface area contributed by atoms with E-state index in [9.17, 15) is 14.4 Å². The molecule has 0 radical (unpaired) electrons. The normalized spacial score (nSPS) is 18.9. The Morgan fingerprint density at radius 2 is 1.62 bits per heavy atom. The number of carbonyl (C=O) groups is 3. The Hall–Kier alpha value is -3.35. The molecule has 7 heteroatoms. The highest BCUT2D eigenvalue weighted by Crippen LogP contribution is 2.29. The maximum Gasteiger partial charge on any atom is 0.311 e. The molecular formula is C25H28N2O5. The van der Waals surface area contributed by atoms with Crippen molar-refractivity contribution < 1.29 is 23.9 Å². The largest absolute Gasteiger partial charge is 0.457 e. The number of nitrogens with zero attached hydrogens (tertiary/aromatic N) is 1. The molecule has 1 saturated heterocycles. The van der Waals surface area contributed by atoms with Crippen molar-refractivity contribution in [3.05, 3.63) is 54.6 Å². The Kier molecular flexibility index (Phi) is 7.04. The maximum absolute atomic E-state index is 12.4. The lowest BCUT2D eigenvalue weighted by atomic mass is 9.94. The number of amides is 2. The molecule has 1 N–H and O–H groups in total. The second-order valence-corrected chi connectivity index (χ2v) is 8.33. The third-order valence-electron chi connectivity index (χ3n) is 5.97. The van der Waals surface area contributed by atoms with Crippen LogP contribution in [-0.2, 0) is 19.1 Å². The lowest BCUT2D eigenvalue weighted by Crippen LogP contribution is -2.38. The third-order valence-corrected chi connectivity index (χ3v) is 5.97. The Bertz CT molecular complexity index is 939. The van der Waals surface area contributed by atoms with Crippen LogP contribution in [0, 0.1) is 5.92 Å². The first-order valence-corrected chi connectivity index (χ1v) is 11.2. The molecule has 1 heterocycles. The Morgan fingerprint density at radius 1 is 0.938 bits per heavy atom. The van der Waals surface area contributed by atoms with E-state index in [2.05, 4.69) is 5.32 Å². The van der Waals surface area contributed by atoms with Crippen LogP contribution in [0.15, 0.2) is 54.6 Å². The molecule has 1 aliphatic carbocycles. The number of anilines is 1. The number of esters is 1. The van der Waals surface area contributed by atoms with Crippen molar-refractivity contribution in [3.63, 3.8) is 0 Å². The predicted molar refractivity (Wildman–Crippen MR) is 119 cm³/mol. The maximum atomic E-state index is 12.4. The van der Waals surface area contributed by atoms with E-state index in [-0.39, 0.29) is 25.0 Å². The monoisotopic (exact) mass is 436 g/mol. The van der Waals surface area contributed by atoms with Crippen LogP contribution in [0.5, 0.6) is 11.5 Å². The number of ether oxygens (including phenoxy) is 2. The summed E-state index contributed by atoms with van der Waals surface area (Å²) in [6.45, 7) is 0.0159. The van der Waals surface area contributed by atoms with E-state index in [0.29, 0.717) is 18.0 Å². The van der Waals surface area contributed by atoms with Gasteiger partial charge < -0.3 is 19.7 Å². The zero-order chi connectivity index (χ0) is 22.3. The van der Waals surface area contributed by atoms with Crippen LogP contribution in [0.2, 0.25) is 0 Å². The highest BCUT2D eigenvalue weighted by Gasteiger charge is 2.39. The van der Waals surface area contributed by atoms with E-state index in [4.69, 9.17) is 9.47 Å². The smallest absolute Gasteiger partial charge is 0.311 e. The van der Waals surface area contributed by atoms with Gasteiger partial charge in [-0.05, 0) is 49.2 Å². The fourth-order valence-electron chi connectivity index (χ4n) is 4.32. The minimum atomic E-state index is -0.494. The molecule has 0 bridgehead atoms. The number of likely N-dealkylation sites (tertiary alicyclic amines) is 1. The van der Waals surface area contributed by atoms with Crippen molar-refractivity contribution >= 4 is 23.5 Å². The van der Waals surface area contributed by atoms with Crippen LogP contribution in [-0.4, -0.2) is 41.9 Å². The van der Waals surface area contributed by atoms with E-state index >= 15 is 0 Å². The molecule has 0 spiro atoms. The molecule has 0 aromatic heterocycles. The summed E-state index contributed by atoms with van der Waals surface area (Å²) in [4.78, 5) is 38.8. The molecular weight excluding hydrogens is 408 g/mol. The van der Waals surface area contributed by atoms with Crippen molar-refractivity contribution in [1.82, 2.24) is 4.90 Å². The molecule has 7 nitrogen and oxygen atoms in total. The Balaban J connectivity index is 1.21. The van der Waals surface area contributed by atoms with Crippen molar-refractivity contribution in [2.75, 3.05) is 18.5 Å². The first-order chi connectivity index (χ1) is 15.6. The molecule has 0 unspecified atom stereocenters. The van der Waals surface area contributed by atoms with Crippen LogP contribution in [0.25, 0.3) is 0 Å². The van der Waals surface area contributed by atoms with Crippen LogP contribution < -0.4 is 10.1 Å². The summed E-state index contributed by atoms with van der Waals surface area (Å²) in [5.74, 6) is -0.0209. The van der Waals surface area contributed by atoms with E-state index in [0.717, 1.165) is 31.4 Å². The summed E-state index contributed by atoms with van der Waals surface area (Å²) in [7, 11) is 0. The topological polar surface area (TPSA) is 84.9 Å². The van der Waals surface area contributed by atoms with Gasteiger partial charge >= 0.3 is 5.97 Å². The Morgan fingerprint density at radius 3 is 2.34 bits per heavy atom. The van der Waals surface area contributed by atoms with Gasteiger partial charge in [-0.1, -0.05) is 37.5 Å². The molecule has 2 aromatic rings. The summed E-state index contributed by atoms with van der Waals surface area (Å²) in [5.41, 5.74) is 0.575. The van der Waals surface area contributed by atoms with Gasteiger partial charge in [0.25, 0.3) is 5.91 Å². The molecule has 2 aromatic carbocycles. The number of nitrogens with one attached hydrogen (secondary N) is 1. The first kappa shape index (κ1) is 21.9. The third kappa shape index (κ3) is 5.66. The van der Waals surface area contributed by atoms with Crippen molar-refractivity contribution in [3.8, 4) is 11.5 Å². The quantitative estimate of drug-likeness (QED) is 0.660. The molecule has 2 amide bonds. The van der Waals surface area contributed by atoms with Crippen molar-refractivity contribution in [2.45, 2.75) is 44.6 Å². The zero-order valence-corrected chi connectivity index (χ0v) is 18.0. The SMILES string of the molecule is O=C(COC(=O)[C@H]1CC(=O)N(C2CCCCC2)C1)Nc1ccc(Oc2ccccc2)cc1. The number of hydrogen-bond donors (Lipinski definition) is 1. The van der Waals surface area contributed by atoms with Gasteiger partial charge in [0.05, 0.1) is 5.92 Å². The van der Waals surface area contributed by atoms with Gasteiger partial charge in [0, 0.05) is 24.7 Å². The molecule has 2 aliphatic rings. The summed E-state index contributed by atoms with van der Waals surface area (Å²) in [6.07, 6.45) is 5.64. The van der Waals surface area contributed by atoms with E-state index < -0.39 is 17.8 Å². The van der Waals surface area contributed by atoms with Gasteiger partial charge in [0.1, 0.15) is 11.5 Å². The highest BCUT2D eigenvalue weighted by atomic mass is 16.5. The number of hydrogen-bond acceptors (Lipinski definition) is 5. The summed E-state index contributed by atoms with van der Waals surface area (Å²) < 4.78 is 10.9. The summed E-state index contributed by atoms with van der Waals surface area (Å²) >= 11 is 0. The van der Waals surface area contributed by atoms with E-state index in [1.165, 1.54) is 6.42 Å². The van der Waals surface area contributed by atoms with Gasteiger partial charge in [0.2, 0.25) is 5.91 Å². The number of rotatable bonds is 7. The fourth-order valence-corrected chi connectivity index (χ4v) is 4.32. The second kappa shape index (κ2) is 10.3. The Labute approximate surface area is 187 Å². The molecule has 32 heavy (non-hydrogen) atoms. The van der Waals surface area contributed by atoms with Gasteiger partial charge in [0.15, 0.2) is 6.61 Å². The average molecular weight is 437 g/mol.